The van der Waals surface area contributed by atoms with Gasteiger partial charge in [0, 0.05) is 10.3 Å². The fourth-order valence-corrected chi connectivity index (χ4v) is 2.34. The predicted octanol–water partition coefficient (Wildman–Crippen LogP) is 3.03. The van der Waals surface area contributed by atoms with Crippen LogP contribution in [0.5, 0.6) is 0 Å². The first-order chi connectivity index (χ1) is 8.58. The van der Waals surface area contributed by atoms with Crippen molar-refractivity contribution in [2.45, 2.75) is 20.8 Å². The van der Waals surface area contributed by atoms with E-state index in [4.69, 9.17) is 4.42 Å². The number of carbonyl (C=O) groups excluding carboxylic acids is 1. The minimum Gasteiger partial charge on any atom is -0.460 e. The van der Waals surface area contributed by atoms with Crippen LogP contribution < -0.4 is 5.43 Å². The third-order valence-electron chi connectivity index (χ3n) is 2.65. The number of thiophene rings is 1. The molecule has 2 rings (SSSR count). The Morgan fingerprint density at radius 1 is 1.39 bits per heavy atom. The maximum absolute atomic E-state index is 11.8. The average Bonchev–Trinajstić information content (AvgIpc) is 2.87. The number of furan rings is 1. The number of hydrogen-bond acceptors (Lipinski definition) is 4. The molecule has 2 aromatic rings. The first-order valence-corrected chi connectivity index (χ1v) is 6.40. The Morgan fingerprint density at radius 3 is 2.72 bits per heavy atom. The van der Waals surface area contributed by atoms with E-state index in [1.165, 1.54) is 6.21 Å². The number of rotatable bonds is 3. The summed E-state index contributed by atoms with van der Waals surface area (Å²) in [7, 11) is 0. The molecule has 0 aliphatic heterocycles. The molecule has 0 fully saturated rings. The molecule has 0 aliphatic rings. The van der Waals surface area contributed by atoms with Gasteiger partial charge in [0.05, 0.1) is 11.8 Å². The summed E-state index contributed by atoms with van der Waals surface area (Å²) in [5.41, 5.74) is 4.16. The lowest BCUT2D eigenvalue weighted by molar-refractivity contribution is 0.0955. The summed E-state index contributed by atoms with van der Waals surface area (Å²) in [4.78, 5) is 13.0. The maximum atomic E-state index is 11.8. The van der Waals surface area contributed by atoms with E-state index in [-0.39, 0.29) is 5.91 Å². The molecule has 0 saturated carbocycles. The van der Waals surface area contributed by atoms with Crippen molar-refractivity contribution in [2.75, 3.05) is 0 Å². The molecule has 0 aromatic carbocycles. The van der Waals surface area contributed by atoms with Crippen molar-refractivity contribution in [1.82, 2.24) is 5.43 Å². The van der Waals surface area contributed by atoms with E-state index in [2.05, 4.69) is 10.5 Å². The molecule has 0 aliphatic carbocycles. The second-order valence-corrected chi connectivity index (χ2v) is 5.06. The molecule has 0 bridgehead atoms. The molecule has 5 heteroatoms. The van der Waals surface area contributed by atoms with Gasteiger partial charge in [-0.25, -0.2) is 5.43 Å². The predicted molar refractivity (Wildman–Crippen MR) is 72.3 cm³/mol. The molecular formula is C13H14N2O2S. The second kappa shape index (κ2) is 5.18. The van der Waals surface area contributed by atoms with Gasteiger partial charge in [0.25, 0.3) is 5.91 Å². The van der Waals surface area contributed by atoms with Gasteiger partial charge in [0.15, 0.2) is 0 Å². The lowest BCUT2D eigenvalue weighted by Crippen LogP contribution is -2.17. The minimum atomic E-state index is -0.198. The van der Waals surface area contributed by atoms with Gasteiger partial charge in [-0.1, -0.05) is 0 Å². The zero-order chi connectivity index (χ0) is 13.1. The standard InChI is InChI=1S/C13H14N2O2S/c1-8-4-5-11(17-8)6-14-15-13(16)12-7-18-10(3)9(12)2/h4-7H,1-3H3,(H,15,16). The van der Waals surface area contributed by atoms with Crippen LogP contribution in [0.2, 0.25) is 0 Å². The molecule has 2 aromatic heterocycles. The monoisotopic (exact) mass is 262 g/mol. The third kappa shape index (κ3) is 2.68. The normalized spacial score (nSPS) is 11.1. The number of hydrogen-bond donors (Lipinski definition) is 1. The van der Waals surface area contributed by atoms with Crippen LogP contribution in [0, 0.1) is 20.8 Å². The Hall–Kier alpha value is -1.88. The van der Waals surface area contributed by atoms with Crippen LogP contribution >= 0.6 is 11.3 Å². The van der Waals surface area contributed by atoms with E-state index >= 15 is 0 Å². The Bertz CT molecular complexity index is 596. The van der Waals surface area contributed by atoms with Gasteiger partial charge >= 0.3 is 0 Å². The highest BCUT2D eigenvalue weighted by Gasteiger charge is 2.11. The molecule has 94 valence electrons. The van der Waals surface area contributed by atoms with E-state index in [1.54, 1.807) is 17.4 Å². The molecule has 0 unspecified atom stereocenters. The number of nitrogens with zero attached hydrogens (tertiary/aromatic N) is 1. The molecule has 2 heterocycles. The number of aryl methyl sites for hydroxylation is 2. The molecule has 0 radical (unpaired) electrons. The Kier molecular flexibility index (Phi) is 3.62. The zero-order valence-electron chi connectivity index (χ0n) is 10.5. The first-order valence-electron chi connectivity index (χ1n) is 5.52. The quantitative estimate of drug-likeness (QED) is 0.682. The molecule has 1 amide bonds. The molecule has 1 N–H and O–H groups in total. The van der Waals surface area contributed by atoms with E-state index < -0.39 is 0 Å². The van der Waals surface area contributed by atoms with E-state index in [0.29, 0.717) is 11.3 Å². The van der Waals surface area contributed by atoms with Crippen molar-refractivity contribution in [3.63, 3.8) is 0 Å². The van der Waals surface area contributed by atoms with Crippen molar-refractivity contribution in [1.29, 1.82) is 0 Å². The van der Waals surface area contributed by atoms with Gasteiger partial charge < -0.3 is 4.42 Å². The Balaban J connectivity index is 2.00. The van der Waals surface area contributed by atoms with Gasteiger partial charge in [0.2, 0.25) is 0 Å². The third-order valence-corrected chi connectivity index (χ3v) is 3.66. The van der Waals surface area contributed by atoms with Gasteiger partial charge in [0.1, 0.15) is 11.5 Å². The highest BCUT2D eigenvalue weighted by molar-refractivity contribution is 7.10. The van der Waals surface area contributed by atoms with Gasteiger partial charge in [-0.05, 0) is 38.5 Å². The Labute approximate surface area is 109 Å². The van der Waals surface area contributed by atoms with E-state index in [1.807, 2.05) is 32.2 Å². The second-order valence-electron chi connectivity index (χ2n) is 3.98. The van der Waals surface area contributed by atoms with Crippen molar-refractivity contribution >= 4 is 23.5 Å². The fraction of sp³-hybridized carbons (Fsp3) is 0.231. The summed E-state index contributed by atoms with van der Waals surface area (Å²) in [5, 5.41) is 5.71. The molecule has 0 saturated heterocycles. The smallest absolute Gasteiger partial charge is 0.272 e. The maximum Gasteiger partial charge on any atom is 0.272 e. The largest absolute Gasteiger partial charge is 0.460 e. The van der Waals surface area contributed by atoms with Gasteiger partial charge in [-0.3, -0.25) is 4.79 Å². The minimum absolute atomic E-state index is 0.198. The van der Waals surface area contributed by atoms with Crippen LogP contribution in [0.25, 0.3) is 0 Å². The average molecular weight is 262 g/mol. The molecular weight excluding hydrogens is 248 g/mol. The number of amides is 1. The van der Waals surface area contributed by atoms with Crippen molar-refractivity contribution < 1.29 is 9.21 Å². The number of nitrogens with one attached hydrogen (secondary N) is 1. The molecule has 0 atom stereocenters. The number of carbonyl (C=O) groups is 1. The zero-order valence-corrected chi connectivity index (χ0v) is 11.3. The van der Waals surface area contributed by atoms with Crippen molar-refractivity contribution in [3.8, 4) is 0 Å². The van der Waals surface area contributed by atoms with Crippen LogP contribution in [0.1, 0.15) is 32.3 Å². The molecule has 18 heavy (non-hydrogen) atoms. The van der Waals surface area contributed by atoms with Gasteiger partial charge in [-0.15, -0.1) is 11.3 Å². The fourth-order valence-electron chi connectivity index (χ4n) is 1.48. The van der Waals surface area contributed by atoms with Crippen LogP contribution in [0.15, 0.2) is 27.0 Å². The Morgan fingerprint density at radius 2 is 2.17 bits per heavy atom. The lowest BCUT2D eigenvalue weighted by atomic mass is 10.2. The van der Waals surface area contributed by atoms with Crippen LogP contribution in [-0.2, 0) is 0 Å². The summed E-state index contributed by atoms with van der Waals surface area (Å²) in [6.07, 6.45) is 1.49. The summed E-state index contributed by atoms with van der Waals surface area (Å²) < 4.78 is 5.30. The van der Waals surface area contributed by atoms with Gasteiger partial charge in [-0.2, -0.15) is 5.10 Å². The summed E-state index contributed by atoms with van der Waals surface area (Å²) >= 11 is 1.56. The van der Waals surface area contributed by atoms with E-state index in [9.17, 15) is 4.79 Å². The first kappa shape index (κ1) is 12.6. The highest BCUT2D eigenvalue weighted by Crippen LogP contribution is 2.20. The number of hydrazone groups is 1. The van der Waals surface area contributed by atoms with Crippen LogP contribution in [0.4, 0.5) is 0 Å². The van der Waals surface area contributed by atoms with Crippen LogP contribution in [-0.4, -0.2) is 12.1 Å². The summed E-state index contributed by atoms with van der Waals surface area (Å²) in [6, 6.07) is 3.64. The molecule has 0 spiro atoms. The molecule has 4 nitrogen and oxygen atoms in total. The van der Waals surface area contributed by atoms with E-state index in [0.717, 1.165) is 16.2 Å². The topological polar surface area (TPSA) is 54.6 Å². The lowest BCUT2D eigenvalue weighted by Gasteiger charge is -1.98. The SMILES string of the molecule is Cc1ccc(C=NNC(=O)c2csc(C)c2C)o1. The summed E-state index contributed by atoms with van der Waals surface area (Å²) in [6.45, 7) is 5.78. The van der Waals surface area contributed by atoms with Crippen LogP contribution in [0.3, 0.4) is 0 Å². The summed E-state index contributed by atoms with van der Waals surface area (Å²) in [5.74, 6) is 1.23. The van der Waals surface area contributed by atoms with Crippen molar-refractivity contribution in [3.05, 3.63) is 45.0 Å². The van der Waals surface area contributed by atoms with Crippen molar-refractivity contribution in [2.24, 2.45) is 5.10 Å². The highest BCUT2D eigenvalue weighted by atomic mass is 32.1.